The van der Waals surface area contributed by atoms with E-state index < -0.39 is 21.8 Å². The van der Waals surface area contributed by atoms with E-state index in [4.69, 9.17) is 0 Å². The Bertz CT molecular complexity index is 521. The molecule has 1 rings (SSSR count). The summed E-state index contributed by atoms with van der Waals surface area (Å²) in [6.07, 6.45) is -4.55. The maximum Gasteiger partial charge on any atom is 0.416 e. The summed E-state index contributed by atoms with van der Waals surface area (Å²) < 4.78 is 61.9. The van der Waals surface area contributed by atoms with E-state index in [9.17, 15) is 21.6 Å². The standard InChI is InChI=1S/C10H12F3NO2S/c1-7-4-8(10(11,12)13)6-9(5-7)17(15,16)14(2)3/h4-6H,1-3H3. The Morgan fingerprint density at radius 2 is 1.65 bits per heavy atom. The Labute approximate surface area is 97.9 Å². The molecule has 0 N–H and O–H groups in total. The highest BCUT2D eigenvalue weighted by Gasteiger charge is 2.32. The predicted molar refractivity (Wildman–Crippen MR) is 57.1 cm³/mol. The highest BCUT2D eigenvalue weighted by Crippen LogP contribution is 2.31. The molecule has 1 aromatic carbocycles. The van der Waals surface area contributed by atoms with Crippen molar-refractivity contribution in [1.82, 2.24) is 4.31 Å². The lowest BCUT2D eigenvalue weighted by atomic mass is 10.1. The quantitative estimate of drug-likeness (QED) is 0.824. The molecular weight excluding hydrogens is 255 g/mol. The zero-order chi connectivity index (χ0) is 13.4. The first-order chi connectivity index (χ1) is 7.55. The molecule has 0 atom stereocenters. The van der Waals surface area contributed by atoms with Crippen LogP contribution in [0.15, 0.2) is 23.1 Å². The van der Waals surface area contributed by atoms with Crippen molar-refractivity contribution < 1.29 is 21.6 Å². The molecule has 96 valence electrons. The Morgan fingerprint density at radius 1 is 1.12 bits per heavy atom. The topological polar surface area (TPSA) is 37.4 Å². The van der Waals surface area contributed by atoms with Crippen LogP contribution in [0.4, 0.5) is 13.2 Å². The molecule has 0 saturated heterocycles. The van der Waals surface area contributed by atoms with Gasteiger partial charge in [-0.15, -0.1) is 0 Å². The molecule has 17 heavy (non-hydrogen) atoms. The van der Waals surface area contributed by atoms with Gasteiger partial charge in [-0.05, 0) is 30.7 Å². The van der Waals surface area contributed by atoms with Crippen LogP contribution in [0, 0.1) is 6.92 Å². The van der Waals surface area contributed by atoms with Gasteiger partial charge in [-0.25, -0.2) is 12.7 Å². The molecule has 0 unspecified atom stereocenters. The molecular formula is C10H12F3NO2S. The van der Waals surface area contributed by atoms with Crippen molar-refractivity contribution in [3.63, 3.8) is 0 Å². The van der Waals surface area contributed by atoms with E-state index in [1.54, 1.807) is 0 Å². The molecule has 0 amide bonds. The lowest BCUT2D eigenvalue weighted by Crippen LogP contribution is -2.23. The van der Waals surface area contributed by atoms with Gasteiger partial charge in [-0.1, -0.05) is 0 Å². The molecule has 0 heterocycles. The number of hydrogen-bond acceptors (Lipinski definition) is 2. The van der Waals surface area contributed by atoms with E-state index in [-0.39, 0.29) is 10.5 Å². The summed E-state index contributed by atoms with van der Waals surface area (Å²) >= 11 is 0. The summed E-state index contributed by atoms with van der Waals surface area (Å²) in [5.41, 5.74) is -0.710. The summed E-state index contributed by atoms with van der Waals surface area (Å²) in [7, 11) is -1.31. The van der Waals surface area contributed by atoms with Gasteiger partial charge in [0.15, 0.2) is 0 Å². The number of hydrogen-bond donors (Lipinski definition) is 0. The molecule has 0 spiro atoms. The third kappa shape index (κ3) is 2.98. The van der Waals surface area contributed by atoms with E-state index in [1.165, 1.54) is 27.1 Å². The van der Waals surface area contributed by atoms with E-state index in [2.05, 4.69) is 0 Å². The number of aryl methyl sites for hydroxylation is 1. The van der Waals surface area contributed by atoms with Gasteiger partial charge in [0.05, 0.1) is 10.5 Å². The van der Waals surface area contributed by atoms with Crippen molar-refractivity contribution in [3.8, 4) is 0 Å². The van der Waals surface area contributed by atoms with Crippen LogP contribution >= 0.6 is 0 Å². The Morgan fingerprint density at radius 3 is 2.06 bits per heavy atom. The number of nitrogens with zero attached hydrogens (tertiary/aromatic N) is 1. The molecule has 0 bridgehead atoms. The molecule has 0 fully saturated rings. The number of benzene rings is 1. The maximum atomic E-state index is 12.5. The van der Waals surface area contributed by atoms with Gasteiger partial charge in [0.1, 0.15) is 0 Å². The maximum absolute atomic E-state index is 12.5. The average Bonchev–Trinajstić information content (AvgIpc) is 2.15. The first kappa shape index (κ1) is 14.0. The van der Waals surface area contributed by atoms with Gasteiger partial charge in [0.2, 0.25) is 10.0 Å². The van der Waals surface area contributed by atoms with Crippen LogP contribution in [-0.2, 0) is 16.2 Å². The third-order valence-electron chi connectivity index (χ3n) is 2.16. The van der Waals surface area contributed by atoms with Crippen molar-refractivity contribution >= 4 is 10.0 Å². The van der Waals surface area contributed by atoms with Gasteiger partial charge in [0.25, 0.3) is 0 Å². The van der Waals surface area contributed by atoms with E-state index >= 15 is 0 Å². The van der Waals surface area contributed by atoms with E-state index in [0.29, 0.717) is 6.07 Å². The first-order valence-corrected chi connectivity index (χ1v) is 6.10. The fraction of sp³-hybridized carbons (Fsp3) is 0.400. The van der Waals surface area contributed by atoms with Crippen LogP contribution in [-0.4, -0.2) is 26.8 Å². The second-order valence-electron chi connectivity index (χ2n) is 3.82. The molecule has 0 saturated carbocycles. The smallest absolute Gasteiger partial charge is 0.207 e. The molecule has 7 heteroatoms. The van der Waals surface area contributed by atoms with E-state index in [0.717, 1.165) is 10.4 Å². The van der Waals surface area contributed by atoms with Crippen LogP contribution < -0.4 is 0 Å². The van der Waals surface area contributed by atoms with Crippen LogP contribution in [0.1, 0.15) is 11.1 Å². The lowest BCUT2D eigenvalue weighted by molar-refractivity contribution is -0.137. The van der Waals surface area contributed by atoms with Gasteiger partial charge in [-0.3, -0.25) is 0 Å². The average molecular weight is 267 g/mol. The highest BCUT2D eigenvalue weighted by atomic mass is 32.2. The van der Waals surface area contributed by atoms with Gasteiger partial charge in [0, 0.05) is 14.1 Å². The Kier molecular flexibility index (Phi) is 3.54. The van der Waals surface area contributed by atoms with Crippen LogP contribution in [0.3, 0.4) is 0 Å². The van der Waals surface area contributed by atoms with Crippen molar-refractivity contribution in [1.29, 1.82) is 0 Å². The van der Waals surface area contributed by atoms with Crippen molar-refractivity contribution in [2.75, 3.05) is 14.1 Å². The fourth-order valence-corrected chi connectivity index (χ4v) is 2.30. The largest absolute Gasteiger partial charge is 0.416 e. The zero-order valence-corrected chi connectivity index (χ0v) is 10.4. The number of rotatable bonds is 2. The SMILES string of the molecule is Cc1cc(C(F)(F)F)cc(S(=O)(=O)N(C)C)c1. The first-order valence-electron chi connectivity index (χ1n) is 4.66. The van der Waals surface area contributed by atoms with Gasteiger partial charge < -0.3 is 0 Å². The van der Waals surface area contributed by atoms with Gasteiger partial charge in [-0.2, -0.15) is 13.2 Å². The monoisotopic (exact) mass is 267 g/mol. The summed E-state index contributed by atoms with van der Waals surface area (Å²) in [6, 6.07) is 2.77. The fourth-order valence-electron chi connectivity index (χ4n) is 1.27. The summed E-state index contributed by atoms with van der Waals surface area (Å²) in [6.45, 7) is 1.42. The minimum absolute atomic E-state index is 0.250. The summed E-state index contributed by atoms with van der Waals surface area (Å²) in [5.74, 6) is 0. The number of alkyl halides is 3. The predicted octanol–water partition coefficient (Wildman–Crippen LogP) is 2.26. The second-order valence-corrected chi connectivity index (χ2v) is 5.97. The summed E-state index contributed by atoms with van der Waals surface area (Å²) in [4.78, 5) is -0.352. The molecule has 0 aliphatic carbocycles. The normalized spacial score (nSPS) is 13.1. The minimum Gasteiger partial charge on any atom is -0.207 e. The third-order valence-corrected chi connectivity index (χ3v) is 3.95. The Hall–Kier alpha value is -1.08. The molecule has 0 aliphatic rings. The summed E-state index contributed by atoms with van der Waals surface area (Å²) in [5, 5.41) is 0. The second kappa shape index (κ2) is 4.30. The number of sulfonamides is 1. The lowest BCUT2D eigenvalue weighted by Gasteiger charge is -2.14. The molecule has 1 aromatic rings. The molecule has 0 radical (unpaired) electrons. The van der Waals surface area contributed by atoms with Crippen LogP contribution in [0.2, 0.25) is 0 Å². The highest BCUT2D eigenvalue weighted by molar-refractivity contribution is 7.89. The molecule has 0 aliphatic heterocycles. The zero-order valence-electron chi connectivity index (χ0n) is 9.54. The van der Waals surface area contributed by atoms with Crippen LogP contribution in [0.5, 0.6) is 0 Å². The Balaban J connectivity index is 3.44. The molecule has 3 nitrogen and oxygen atoms in total. The van der Waals surface area contributed by atoms with Crippen LogP contribution in [0.25, 0.3) is 0 Å². The van der Waals surface area contributed by atoms with E-state index in [1.807, 2.05) is 0 Å². The minimum atomic E-state index is -4.55. The van der Waals surface area contributed by atoms with Gasteiger partial charge >= 0.3 is 6.18 Å². The number of halogens is 3. The van der Waals surface area contributed by atoms with Crippen molar-refractivity contribution in [2.24, 2.45) is 0 Å². The molecule has 0 aromatic heterocycles. The van der Waals surface area contributed by atoms with Crippen molar-refractivity contribution in [2.45, 2.75) is 18.0 Å². The van der Waals surface area contributed by atoms with Crippen molar-refractivity contribution in [3.05, 3.63) is 29.3 Å².